The van der Waals surface area contributed by atoms with E-state index < -0.39 is 86.8 Å². The van der Waals surface area contributed by atoms with Gasteiger partial charge in [0.05, 0.1) is 32.0 Å². The zero-order valence-electron chi connectivity index (χ0n) is 35.3. The van der Waals surface area contributed by atoms with Gasteiger partial charge in [-0.3, -0.25) is 4.79 Å². The maximum absolute atomic E-state index is 13.1. The molecule has 58 heavy (non-hydrogen) atoms. The zero-order chi connectivity index (χ0) is 42.5. The van der Waals surface area contributed by atoms with Gasteiger partial charge in [0, 0.05) is 6.42 Å². The molecule has 2 heterocycles. The molecule has 2 rings (SSSR count). The van der Waals surface area contributed by atoms with Gasteiger partial charge in [-0.15, -0.1) is 0 Å². The van der Waals surface area contributed by atoms with Gasteiger partial charge < -0.3 is 65.1 Å². The molecule has 14 heteroatoms. The summed E-state index contributed by atoms with van der Waals surface area (Å²) in [5.41, 5.74) is 0. The summed E-state index contributed by atoms with van der Waals surface area (Å²) in [5, 5.41) is 86.4. The van der Waals surface area contributed by atoms with Crippen LogP contribution in [-0.2, 0) is 23.7 Å². The third-order valence-electron chi connectivity index (χ3n) is 10.9. The molecular weight excluding hydrogens is 750 g/mol. The molecule has 0 spiro atoms. The number of hydrogen-bond donors (Lipinski definition) is 9. The SMILES string of the molecule is CC/C=C\C/C=C\C/C=C\CCCCCCCC(=O)NC(COC1OC(CO)C(OC2OC(CO)C(O)C(O)C2O)C(O)C1O)C(O)CCCCCCCCCCC. The van der Waals surface area contributed by atoms with Crippen molar-refractivity contribution in [2.75, 3.05) is 19.8 Å². The molecule has 2 aliphatic heterocycles. The lowest BCUT2D eigenvalue weighted by atomic mass is 9.97. The second kappa shape index (κ2) is 32.0. The Morgan fingerprint density at radius 1 is 0.638 bits per heavy atom. The highest BCUT2D eigenvalue weighted by atomic mass is 16.7. The van der Waals surface area contributed by atoms with Crippen molar-refractivity contribution < 1.29 is 64.6 Å². The standard InChI is InChI=1S/C44H79NO13/c1-3-5-7-9-11-13-14-15-16-17-18-20-22-24-26-28-36(49)45-32(33(48)27-25-23-21-19-12-10-8-6-4-2)31-55-43-41(54)39(52)42(35(30-47)57-43)58-44-40(53)38(51)37(50)34(29-46)56-44/h5,7,11,13,15-16,32-35,37-44,46-48,50-54H,3-4,6,8-10,12,14,17-31H2,1-2H3,(H,45,49)/b7-5-,13-11-,16-15-. The van der Waals surface area contributed by atoms with Crippen LogP contribution in [0.15, 0.2) is 36.5 Å². The van der Waals surface area contributed by atoms with E-state index in [0.717, 1.165) is 77.0 Å². The molecule has 0 bridgehead atoms. The van der Waals surface area contributed by atoms with Crippen LogP contribution in [0.4, 0.5) is 0 Å². The fraction of sp³-hybridized carbons (Fsp3) is 0.841. The van der Waals surface area contributed by atoms with E-state index in [2.05, 4.69) is 55.6 Å². The van der Waals surface area contributed by atoms with Crippen molar-refractivity contribution in [3.8, 4) is 0 Å². The van der Waals surface area contributed by atoms with Crippen LogP contribution < -0.4 is 5.32 Å². The highest BCUT2D eigenvalue weighted by Gasteiger charge is 2.51. The fourth-order valence-electron chi connectivity index (χ4n) is 7.19. The molecule has 2 aliphatic rings. The molecule has 338 valence electrons. The van der Waals surface area contributed by atoms with Gasteiger partial charge in [0.15, 0.2) is 12.6 Å². The van der Waals surface area contributed by atoms with E-state index in [-0.39, 0.29) is 18.9 Å². The first-order valence-corrected chi connectivity index (χ1v) is 22.2. The average molecular weight is 830 g/mol. The predicted octanol–water partition coefficient (Wildman–Crippen LogP) is 3.98. The maximum atomic E-state index is 13.1. The minimum Gasteiger partial charge on any atom is -0.394 e. The molecule has 0 aromatic carbocycles. The van der Waals surface area contributed by atoms with Crippen molar-refractivity contribution in [2.45, 2.75) is 216 Å². The number of unbranched alkanes of at least 4 members (excludes halogenated alkanes) is 13. The van der Waals surface area contributed by atoms with Gasteiger partial charge >= 0.3 is 0 Å². The highest BCUT2D eigenvalue weighted by molar-refractivity contribution is 5.76. The third kappa shape index (κ3) is 20.2. The van der Waals surface area contributed by atoms with Crippen LogP contribution in [0, 0.1) is 0 Å². The molecule has 0 saturated carbocycles. The van der Waals surface area contributed by atoms with Crippen LogP contribution in [0.2, 0.25) is 0 Å². The van der Waals surface area contributed by atoms with Gasteiger partial charge in [-0.05, 0) is 44.9 Å². The Morgan fingerprint density at radius 2 is 1.19 bits per heavy atom. The van der Waals surface area contributed by atoms with E-state index in [0.29, 0.717) is 12.8 Å². The van der Waals surface area contributed by atoms with Crippen molar-refractivity contribution in [1.82, 2.24) is 5.32 Å². The normalized spacial score (nSPS) is 29.1. The van der Waals surface area contributed by atoms with Crippen molar-refractivity contribution >= 4 is 5.91 Å². The summed E-state index contributed by atoms with van der Waals surface area (Å²) in [7, 11) is 0. The monoisotopic (exact) mass is 830 g/mol. The molecule has 12 unspecified atom stereocenters. The molecule has 2 saturated heterocycles. The summed E-state index contributed by atoms with van der Waals surface area (Å²) in [4.78, 5) is 13.1. The van der Waals surface area contributed by atoms with Gasteiger partial charge in [-0.1, -0.05) is 127 Å². The fourth-order valence-corrected chi connectivity index (χ4v) is 7.19. The molecule has 2 fully saturated rings. The van der Waals surface area contributed by atoms with E-state index in [1.54, 1.807) is 0 Å². The highest BCUT2D eigenvalue weighted by Crippen LogP contribution is 2.30. The number of aliphatic hydroxyl groups excluding tert-OH is 8. The topological polar surface area (TPSA) is 228 Å². The first-order chi connectivity index (χ1) is 28.1. The van der Waals surface area contributed by atoms with E-state index >= 15 is 0 Å². The number of ether oxygens (including phenoxy) is 4. The Morgan fingerprint density at radius 3 is 1.83 bits per heavy atom. The number of amides is 1. The lowest BCUT2D eigenvalue weighted by Gasteiger charge is -2.46. The number of carbonyl (C=O) groups excluding carboxylic acids is 1. The summed E-state index contributed by atoms with van der Waals surface area (Å²) in [6.07, 6.45) is 16.0. The van der Waals surface area contributed by atoms with Crippen LogP contribution >= 0.6 is 0 Å². The number of hydrogen-bond acceptors (Lipinski definition) is 13. The van der Waals surface area contributed by atoms with Gasteiger partial charge in [-0.25, -0.2) is 0 Å². The maximum Gasteiger partial charge on any atom is 0.220 e. The van der Waals surface area contributed by atoms with Gasteiger partial charge in [-0.2, -0.15) is 0 Å². The Hall–Kier alpha value is -1.79. The minimum absolute atomic E-state index is 0.229. The van der Waals surface area contributed by atoms with E-state index in [1.165, 1.54) is 32.1 Å². The Kier molecular flexibility index (Phi) is 28.9. The van der Waals surface area contributed by atoms with Crippen molar-refractivity contribution in [1.29, 1.82) is 0 Å². The second-order valence-electron chi connectivity index (χ2n) is 15.8. The second-order valence-corrected chi connectivity index (χ2v) is 15.8. The van der Waals surface area contributed by atoms with E-state index in [4.69, 9.17) is 18.9 Å². The third-order valence-corrected chi connectivity index (χ3v) is 10.9. The van der Waals surface area contributed by atoms with Crippen molar-refractivity contribution in [3.63, 3.8) is 0 Å². The number of allylic oxidation sites excluding steroid dienone is 6. The van der Waals surface area contributed by atoms with E-state index in [1.807, 2.05) is 0 Å². The summed E-state index contributed by atoms with van der Waals surface area (Å²) in [6.45, 7) is 2.66. The first kappa shape index (κ1) is 52.3. The largest absolute Gasteiger partial charge is 0.394 e. The number of nitrogens with one attached hydrogen (secondary N) is 1. The van der Waals surface area contributed by atoms with Crippen LogP contribution in [-0.4, -0.2) is 140 Å². The molecule has 9 N–H and O–H groups in total. The molecule has 14 nitrogen and oxygen atoms in total. The summed E-state index contributed by atoms with van der Waals surface area (Å²) in [6, 6.07) is -0.834. The molecule has 1 amide bonds. The van der Waals surface area contributed by atoms with Gasteiger partial charge in [0.1, 0.15) is 48.8 Å². The lowest BCUT2D eigenvalue weighted by molar-refractivity contribution is -0.359. The van der Waals surface area contributed by atoms with Crippen LogP contribution in [0.3, 0.4) is 0 Å². The summed E-state index contributed by atoms with van der Waals surface area (Å²) >= 11 is 0. The molecule has 0 radical (unpaired) electrons. The lowest BCUT2D eigenvalue weighted by Crippen LogP contribution is -2.65. The quantitative estimate of drug-likeness (QED) is 0.0346. The van der Waals surface area contributed by atoms with Crippen LogP contribution in [0.5, 0.6) is 0 Å². The molecule has 0 aliphatic carbocycles. The zero-order valence-corrected chi connectivity index (χ0v) is 35.3. The molecule has 12 atom stereocenters. The molecule has 0 aromatic rings. The van der Waals surface area contributed by atoms with Gasteiger partial charge in [0.25, 0.3) is 0 Å². The summed E-state index contributed by atoms with van der Waals surface area (Å²) < 4.78 is 22.6. The van der Waals surface area contributed by atoms with E-state index in [9.17, 15) is 45.6 Å². The predicted molar refractivity (Wildman–Crippen MR) is 221 cm³/mol. The van der Waals surface area contributed by atoms with Crippen LogP contribution in [0.25, 0.3) is 0 Å². The van der Waals surface area contributed by atoms with Crippen molar-refractivity contribution in [3.05, 3.63) is 36.5 Å². The van der Waals surface area contributed by atoms with Crippen molar-refractivity contribution in [2.24, 2.45) is 0 Å². The molecule has 0 aromatic heterocycles. The Labute approximate surface area is 347 Å². The van der Waals surface area contributed by atoms with Gasteiger partial charge in [0.2, 0.25) is 5.91 Å². The smallest absolute Gasteiger partial charge is 0.220 e. The average Bonchev–Trinajstić information content (AvgIpc) is 3.22. The number of rotatable bonds is 32. The Balaban J connectivity index is 1.88. The minimum atomic E-state index is -1.78. The van der Waals surface area contributed by atoms with Crippen LogP contribution in [0.1, 0.15) is 142 Å². The molecular formula is C44H79NO13. The summed E-state index contributed by atoms with van der Waals surface area (Å²) in [5.74, 6) is -0.229. The number of carbonyl (C=O) groups is 1. The Bertz CT molecular complexity index is 1120. The number of aliphatic hydroxyl groups is 8. The first-order valence-electron chi connectivity index (χ1n) is 22.2.